The zero-order chi connectivity index (χ0) is 35.6. The smallest absolute Gasteiger partial charge is 0.407 e. The zero-order valence-electron chi connectivity index (χ0n) is 27.9. The minimum atomic E-state index is -3.97. The molecule has 0 aliphatic rings. The number of anilines is 1. The minimum absolute atomic E-state index is 0.0615. The van der Waals surface area contributed by atoms with Crippen molar-refractivity contribution in [1.29, 1.82) is 0 Å². The molecule has 0 saturated heterocycles. The van der Waals surface area contributed by atoms with Crippen molar-refractivity contribution in [2.24, 2.45) is 5.92 Å². The summed E-state index contributed by atoms with van der Waals surface area (Å²) in [5.41, 5.74) is 6.84. The molecule has 262 valence electrons. The summed E-state index contributed by atoms with van der Waals surface area (Å²) >= 11 is 0. The number of benzene rings is 3. The van der Waals surface area contributed by atoms with Crippen LogP contribution < -0.4 is 16.4 Å². The van der Waals surface area contributed by atoms with Gasteiger partial charge in [0.05, 0.1) is 18.6 Å². The minimum Gasteiger partial charge on any atom is -0.453 e. The van der Waals surface area contributed by atoms with Gasteiger partial charge in [-0.05, 0) is 98.7 Å². The van der Waals surface area contributed by atoms with E-state index in [0.717, 1.165) is 7.11 Å². The standard InChI is InChI=1S/C35H46F2N4O6S/c1-22(2)31(14-8-13-29(21-42)41(23(3)4)48(45,46)30-17-15-28(38)16-18-30)39-34(43)33(40-35(44)47-5)32(24-9-6-11-26(36)19-24)25-10-7-12-27(37)20-25/h6-7,9-12,15-20,22-23,29,31-33,42H,8,13-14,21,38H2,1-5H3,(H,39,43)(H,40,44). The van der Waals surface area contributed by atoms with Gasteiger partial charge in [0.2, 0.25) is 15.9 Å². The summed E-state index contributed by atoms with van der Waals surface area (Å²) < 4.78 is 62.1. The maximum absolute atomic E-state index is 14.4. The first-order valence-corrected chi connectivity index (χ1v) is 17.3. The number of amides is 2. The van der Waals surface area contributed by atoms with E-state index in [9.17, 15) is 31.9 Å². The number of carbonyl (C=O) groups is 2. The lowest BCUT2D eigenvalue weighted by Gasteiger charge is -2.34. The second kappa shape index (κ2) is 17.4. The van der Waals surface area contributed by atoms with E-state index in [1.54, 1.807) is 26.0 Å². The van der Waals surface area contributed by atoms with Crippen LogP contribution >= 0.6 is 0 Å². The summed E-state index contributed by atoms with van der Waals surface area (Å²) in [5.74, 6) is -2.83. The number of aliphatic hydroxyl groups is 1. The molecule has 0 radical (unpaired) electrons. The molecule has 2 amide bonds. The third-order valence-electron chi connectivity index (χ3n) is 8.21. The number of halogens is 2. The lowest BCUT2D eigenvalue weighted by Crippen LogP contribution is -2.53. The summed E-state index contributed by atoms with van der Waals surface area (Å²) in [6, 6.07) is 13.9. The fourth-order valence-electron chi connectivity index (χ4n) is 5.84. The number of nitrogen functional groups attached to an aromatic ring is 1. The first kappa shape index (κ1) is 38.4. The Morgan fingerprint density at radius 3 is 1.92 bits per heavy atom. The number of hydrogen-bond donors (Lipinski definition) is 4. The summed E-state index contributed by atoms with van der Waals surface area (Å²) in [6.07, 6.45) is 0.224. The van der Waals surface area contributed by atoms with Crippen LogP contribution in [-0.2, 0) is 19.6 Å². The van der Waals surface area contributed by atoms with Crippen LogP contribution in [0.4, 0.5) is 19.3 Å². The number of ether oxygens (including phenoxy) is 1. The van der Waals surface area contributed by atoms with Gasteiger partial charge in [-0.2, -0.15) is 4.31 Å². The Balaban J connectivity index is 1.86. The van der Waals surface area contributed by atoms with Gasteiger partial charge in [0.25, 0.3) is 0 Å². The van der Waals surface area contributed by atoms with Gasteiger partial charge in [-0.3, -0.25) is 4.79 Å². The molecule has 3 aromatic rings. The quantitative estimate of drug-likeness (QED) is 0.152. The van der Waals surface area contributed by atoms with E-state index < -0.39 is 70.4 Å². The molecule has 0 aliphatic heterocycles. The van der Waals surface area contributed by atoms with Crippen molar-refractivity contribution in [2.75, 3.05) is 19.5 Å². The van der Waals surface area contributed by atoms with E-state index in [4.69, 9.17) is 10.5 Å². The molecule has 5 N–H and O–H groups in total. The molecule has 13 heteroatoms. The number of nitrogens with one attached hydrogen (secondary N) is 2. The fraction of sp³-hybridized carbons (Fsp3) is 0.429. The zero-order valence-corrected chi connectivity index (χ0v) is 28.7. The molecule has 0 aromatic heterocycles. The molecule has 3 unspecified atom stereocenters. The van der Waals surface area contributed by atoms with Crippen molar-refractivity contribution in [3.05, 3.63) is 95.6 Å². The van der Waals surface area contributed by atoms with Gasteiger partial charge >= 0.3 is 6.09 Å². The molecule has 0 bridgehead atoms. The summed E-state index contributed by atoms with van der Waals surface area (Å²) in [4.78, 5) is 26.6. The van der Waals surface area contributed by atoms with Crippen molar-refractivity contribution in [3.63, 3.8) is 0 Å². The molecule has 48 heavy (non-hydrogen) atoms. The van der Waals surface area contributed by atoms with Gasteiger partial charge in [-0.25, -0.2) is 22.0 Å². The molecule has 10 nitrogen and oxygen atoms in total. The van der Waals surface area contributed by atoms with Crippen LogP contribution in [0.2, 0.25) is 0 Å². The van der Waals surface area contributed by atoms with Crippen LogP contribution in [0, 0.1) is 17.6 Å². The lowest BCUT2D eigenvalue weighted by molar-refractivity contribution is -0.124. The Hall–Kier alpha value is -4.07. The number of methoxy groups -OCH3 is 1. The predicted molar refractivity (Wildman–Crippen MR) is 180 cm³/mol. The van der Waals surface area contributed by atoms with Crippen molar-refractivity contribution in [3.8, 4) is 0 Å². The van der Waals surface area contributed by atoms with E-state index >= 15 is 0 Å². The third kappa shape index (κ3) is 9.97. The topological polar surface area (TPSA) is 151 Å². The van der Waals surface area contributed by atoms with Crippen molar-refractivity contribution in [1.82, 2.24) is 14.9 Å². The van der Waals surface area contributed by atoms with Crippen molar-refractivity contribution >= 4 is 27.7 Å². The molecule has 3 rings (SSSR count). The number of alkyl carbamates (subject to hydrolysis) is 1. The summed E-state index contributed by atoms with van der Waals surface area (Å²) in [6.45, 7) is 6.85. The average Bonchev–Trinajstić information content (AvgIpc) is 3.03. The number of aliphatic hydroxyl groups excluding tert-OH is 1. The van der Waals surface area contributed by atoms with Gasteiger partial charge in [0, 0.05) is 29.7 Å². The van der Waals surface area contributed by atoms with Gasteiger partial charge < -0.3 is 26.2 Å². The van der Waals surface area contributed by atoms with Crippen molar-refractivity contribution in [2.45, 2.75) is 81.9 Å². The number of nitrogens with two attached hydrogens (primary N) is 1. The van der Waals surface area contributed by atoms with Crippen LogP contribution in [0.5, 0.6) is 0 Å². The highest BCUT2D eigenvalue weighted by Crippen LogP contribution is 2.31. The second-order valence-corrected chi connectivity index (χ2v) is 14.2. The third-order valence-corrected chi connectivity index (χ3v) is 10.4. The lowest BCUT2D eigenvalue weighted by atomic mass is 9.84. The van der Waals surface area contributed by atoms with Crippen LogP contribution in [0.3, 0.4) is 0 Å². The molecule has 0 heterocycles. The Bertz CT molecular complexity index is 1580. The number of rotatable bonds is 16. The maximum atomic E-state index is 14.4. The van der Waals surface area contributed by atoms with E-state index in [1.807, 2.05) is 13.8 Å². The van der Waals surface area contributed by atoms with Crippen LogP contribution in [0.1, 0.15) is 64.0 Å². The van der Waals surface area contributed by atoms with Crippen LogP contribution in [0.25, 0.3) is 0 Å². The number of sulfonamides is 1. The largest absolute Gasteiger partial charge is 0.453 e. The molecule has 0 spiro atoms. The fourth-order valence-corrected chi connectivity index (χ4v) is 7.68. The van der Waals surface area contributed by atoms with Gasteiger partial charge in [0.1, 0.15) is 17.7 Å². The number of carbonyl (C=O) groups excluding carboxylic acids is 2. The van der Waals surface area contributed by atoms with Crippen LogP contribution in [-0.4, -0.2) is 67.7 Å². The molecule has 0 fully saturated rings. The van der Waals surface area contributed by atoms with Crippen LogP contribution in [0.15, 0.2) is 77.7 Å². The molecular weight excluding hydrogens is 642 g/mol. The number of nitrogens with zero attached hydrogens (tertiary/aromatic N) is 1. The van der Waals surface area contributed by atoms with Gasteiger partial charge in [0.15, 0.2) is 0 Å². The maximum Gasteiger partial charge on any atom is 0.407 e. The average molecular weight is 689 g/mol. The first-order valence-electron chi connectivity index (χ1n) is 15.8. The SMILES string of the molecule is COC(=O)NC(C(=O)NC(CCCC(CO)N(C(C)C)S(=O)(=O)c1ccc(N)cc1)C(C)C)C(c1cccc(F)c1)c1cccc(F)c1. The Morgan fingerprint density at radius 2 is 1.46 bits per heavy atom. The first-order chi connectivity index (χ1) is 22.7. The van der Waals surface area contributed by atoms with Crippen molar-refractivity contribution < 1.29 is 36.6 Å². The summed E-state index contributed by atoms with van der Waals surface area (Å²) in [5, 5.41) is 15.9. The highest BCUT2D eigenvalue weighted by molar-refractivity contribution is 7.89. The molecule has 3 aromatic carbocycles. The Morgan fingerprint density at radius 1 is 0.896 bits per heavy atom. The van der Waals surface area contributed by atoms with E-state index in [-0.39, 0.29) is 10.8 Å². The van der Waals surface area contributed by atoms with E-state index in [1.165, 1.54) is 65.0 Å². The van der Waals surface area contributed by atoms with E-state index in [0.29, 0.717) is 36.1 Å². The predicted octanol–water partition coefficient (Wildman–Crippen LogP) is 5.17. The molecule has 0 saturated carbocycles. The Labute approximate surface area is 281 Å². The molecule has 3 atom stereocenters. The Kier molecular flexibility index (Phi) is 13.9. The van der Waals surface area contributed by atoms with Gasteiger partial charge in [-0.15, -0.1) is 0 Å². The number of hydrogen-bond acceptors (Lipinski definition) is 7. The highest BCUT2D eigenvalue weighted by Gasteiger charge is 2.36. The highest BCUT2D eigenvalue weighted by atomic mass is 32.2. The molecule has 0 aliphatic carbocycles. The normalized spacial score (nSPS) is 13.8. The van der Waals surface area contributed by atoms with Gasteiger partial charge in [-0.1, -0.05) is 38.1 Å². The molecular formula is C35H46F2N4O6S. The summed E-state index contributed by atoms with van der Waals surface area (Å²) in [7, 11) is -2.82. The monoisotopic (exact) mass is 688 g/mol. The second-order valence-electron chi connectivity index (χ2n) is 12.3. The van der Waals surface area contributed by atoms with E-state index in [2.05, 4.69) is 10.6 Å².